The number of aromatic amines is 2. The zero-order valence-corrected chi connectivity index (χ0v) is 43.7. The molecule has 3 saturated heterocycles. The molecule has 4 fully saturated rings. The number of methoxy groups -OCH3 is 2. The number of ether oxygens (including phenoxy) is 2. The molecule has 5 heterocycles. The van der Waals surface area contributed by atoms with Crippen LogP contribution in [0.5, 0.6) is 0 Å². The van der Waals surface area contributed by atoms with Gasteiger partial charge in [-0.15, -0.1) is 0 Å². The van der Waals surface area contributed by atoms with Crippen LogP contribution in [0.1, 0.15) is 149 Å². The minimum atomic E-state index is -0.763. The molecule has 2 aromatic heterocycles. The normalized spacial score (nSPS) is 22.1. The van der Waals surface area contributed by atoms with Gasteiger partial charge in [-0.3, -0.25) is 9.59 Å². The molecule has 4 amide bonds. The van der Waals surface area contributed by atoms with E-state index < -0.39 is 35.9 Å². The number of likely N-dealkylation sites (tertiary alicyclic amines) is 2. The fourth-order valence-corrected chi connectivity index (χ4v) is 12.7. The van der Waals surface area contributed by atoms with Gasteiger partial charge in [-0.25, -0.2) is 28.3 Å². The smallest absolute Gasteiger partial charge is 0.407 e. The Labute approximate surface area is 436 Å². The van der Waals surface area contributed by atoms with Crippen LogP contribution < -0.4 is 15.5 Å². The highest BCUT2D eigenvalue weighted by Crippen LogP contribution is 2.55. The van der Waals surface area contributed by atoms with Gasteiger partial charge in [0.05, 0.1) is 48.4 Å². The van der Waals surface area contributed by atoms with Gasteiger partial charge in [0.15, 0.2) is 0 Å². The van der Waals surface area contributed by atoms with Crippen LogP contribution in [0.2, 0.25) is 0 Å². The number of piperidine rings is 1. The molecule has 4 aromatic carbocycles. The Morgan fingerprint density at radius 3 is 1.55 bits per heavy atom. The van der Waals surface area contributed by atoms with Gasteiger partial charge < -0.3 is 44.8 Å². The molecule has 0 bridgehead atoms. The molecule has 6 aromatic rings. The average molecular weight is 1030 g/mol. The standard InChI is InChI=1S/C58H69F2N9O6/c1-32(2)50(65-57(72)74-5)55(70)68-25-11-16-47(68)53-61-43-22-18-35(29-45(43)63-53)39-20-21-40(49(39)38-27-41(59)52(42(60)28-38)67-24-10-15-37(31-67)34-13-8-7-9-14-34)36-19-23-44-46(30-36)64-54(62-44)48-17-12-26-69(48)56(71)51(33(3)4)66-58(73)75-6/h7-9,13-14,18-19,22-23,27-30,32-33,37,39-40,47-51H,10-12,15-17,20-21,24-26,31H2,1-6H3,(H,61,63)(H,62,64)(H,65,72)(H,66,73)/t37?,39-,40-,47+,48+,50+,51+/m1/s1. The van der Waals surface area contributed by atoms with Crippen LogP contribution in [0.25, 0.3) is 22.1 Å². The van der Waals surface area contributed by atoms with E-state index in [-0.39, 0.29) is 65.1 Å². The number of nitrogens with zero attached hydrogens (tertiary/aromatic N) is 5. The number of H-pyrrole nitrogens is 2. The zero-order valence-electron chi connectivity index (χ0n) is 43.7. The van der Waals surface area contributed by atoms with E-state index in [0.29, 0.717) is 56.2 Å². The van der Waals surface area contributed by atoms with Crippen LogP contribution in [-0.2, 0) is 19.1 Å². The van der Waals surface area contributed by atoms with Crippen LogP contribution in [0.4, 0.5) is 24.1 Å². The summed E-state index contributed by atoms with van der Waals surface area (Å²) in [5.41, 5.74) is 6.88. The molecule has 4 aliphatic rings. The minimum absolute atomic E-state index is 0.0174. The van der Waals surface area contributed by atoms with E-state index in [2.05, 4.69) is 57.0 Å². The van der Waals surface area contributed by atoms with Crippen molar-refractivity contribution in [1.82, 2.24) is 40.4 Å². The SMILES string of the molecule is COC(=O)N[C@H](C(=O)N1CCC[C@H]1c1nc2ccc([C@H]3CC[C@H](c4ccc5nc([C@@H]6CCCN6C(=O)[C@@H](NC(=O)OC)C(C)C)[nH]c5c4)C3c3cc(F)c(N4CCCC(c5ccccc5)C4)c(F)c3)cc2[nH]1)C(C)C. The number of nitrogens with one attached hydrogen (secondary N) is 4. The maximum Gasteiger partial charge on any atom is 0.407 e. The number of alkyl carbamates (subject to hydrolysis) is 2. The first-order valence-corrected chi connectivity index (χ1v) is 26.8. The predicted molar refractivity (Wildman–Crippen MR) is 282 cm³/mol. The lowest BCUT2D eigenvalue weighted by atomic mass is 9.77. The topological polar surface area (TPSA) is 178 Å². The van der Waals surface area contributed by atoms with E-state index >= 15 is 8.78 Å². The number of fused-ring (bicyclic) bond motifs is 2. The third kappa shape index (κ3) is 10.3. The van der Waals surface area contributed by atoms with Gasteiger partial charge in [0, 0.05) is 32.1 Å². The Morgan fingerprint density at radius 2 is 1.08 bits per heavy atom. The van der Waals surface area contributed by atoms with E-state index in [1.165, 1.54) is 19.8 Å². The van der Waals surface area contributed by atoms with Crippen LogP contribution in [0.3, 0.4) is 0 Å². The molecular formula is C58H69F2N9O6. The number of hydrogen-bond acceptors (Lipinski definition) is 9. The number of carbonyl (C=O) groups is 4. The second-order valence-electron chi connectivity index (χ2n) is 21.7. The molecule has 1 unspecified atom stereocenters. The first kappa shape index (κ1) is 51.4. The number of aromatic nitrogens is 4. The van der Waals surface area contributed by atoms with Gasteiger partial charge in [-0.05, 0) is 140 Å². The molecule has 10 rings (SSSR count). The van der Waals surface area contributed by atoms with Crippen molar-refractivity contribution in [2.45, 2.75) is 127 Å². The summed E-state index contributed by atoms with van der Waals surface area (Å²) in [4.78, 5) is 75.1. The van der Waals surface area contributed by atoms with Gasteiger partial charge in [0.25, 0.3) is 0 Å². The van der Waals surface area contributed by atoms with Crippen molar-refractivity contribution in [3.05, 3.63) is 124 Å². The fraction of sp³-hybridized carbons (Fsp3) is 0.483. The van der Waals surface area contributed by atoms with Crippen LogP contribution in [0.15, 0.2) is 78.9 Å². The second-order valence-corrected chi connectivity index (χ2v) is 21.7. The zero-order chi connectivity index (χ0) is 52.7. The Balaban J connectivity index is 0.978. The monoisotopic (exact) mass is 1030 g/mol. The second kappa shape index (κ2) is 21.7. The number of benzene rings is 4. The molecular weight excluding hydrogens is 957 g/mol. The van der Waals surface area contributed by atoms with Gasteiger partial charge in [0.2, 0.25) is 11.8 Å². The summed E-state index contributed by atoms with van der Waals surface area (Å²) in [5.74, 6) is -0.959. The molecule has 396 valence electrons. The van der Waals surface area contributed by atoms with Crippen molar-refractivity contribution >= 4 is 51.8 Å². The minimum Gasteiger partial charge on any atom is -0.453 e. The molecule has 15 nitrogen and oxygen atoms in total. The summed E-state index contributed by atoms with van der Waals surface area (Å²) in [6, 6.07) is 23.5. The van der Waals surface area contributed by atoms with Gasteiger partial charge >= 0.3 is 12.2 Å². The summed E-state index contributed by atoms with van der Waals surface area (Å²) in [7, 11) is 2.56. The third-order valence-corrected chi connectivity index (χ3v) is 16.5. The predicted octanol–water partition coefficient (Wildman–Crippen LogP) is 10.6. The lowest BCUT2D eigenvalue weighted by Gasteiger charge is -2.35. The molecule has 17 heteroatoms. The lowest BCUT2D eigenvalue weighted by Crippen LogP contribution is -2.51. The van der Waals surface area contributed by atoms with Crippen molar-refractivity contribution in [3.8, 4) is 0 Å². The maximum atomic E-state index is 17.0. The van der Waals surface area contributed by atoms with E-state index in [1.807, 2.05) is 62.9 Å². The molecule has 3 aliphatic heterocycles. The number of amides is 4. The van der Waals surface area contributed by atoms with Gasteiger partial charge in [-0.2, -0.15) is 0 Å². The molecule has 75 heavy (non-hydrogen) atoms. The van der Waals surface area contributed by atoms with Crippen molar-refractivity contribution in [3.63, 3.8) is 0 Å². The highest BCUT2D eigenvalue weighted by molar-refractivity contribution is 5.87. The largest absolute Gasteiger partial charge is 0.453 e. The van der Waals surface area contributed by atoms with Crippen molar-refractivity contribution in [2.75, 3.05) is 45.3 Å². The quantitative estimate of drug-likeness (QED) is 0.0876. The van der Waals surface area contributed by atoms with E-state index in [9.17, 15) is 19.2 Å². The van der Waals surface area contributed by atoms with Gasteiger partial charge in [0.1, 0.15) is 41.1 Å². The molecule has 0 spiro atoms. The Morgan fingerprint density at radius 1 is 0.600 bits per heavy atom. The number of anilines is 1. The summed E-state index contributed by atoms with van der Waals surface area (Å²) in [6.45, 7) is 9.69. The molecule has 7 atom stereocenters. The Bertz CT molecular complexity index is 2900. The maximum absolute atomic E-state index is 17.0. The van der Waals surface area contributed by atoms with E-state index in [1.54, 1.807) is 21.9 Å². The highest BCUT2D eigenvalue weighted by atomic mass is 19.1. The van der Waals surface area contributed by atoms with Crippen molar-refractivity contribution in [1.29, 1.82) is 0 Å². The van der Waals surface area contributed by atoms with Crippen LogP contribution >= 0.6 is 0 Å². The lowest BCUT2D eigenvalue weighted by molar-refractivity contribution is -0.136. The average Bonchev–Trinajstić information content (AvgIpc) is 4.28. The summed E-state index contributed by atoms with van der Waals surface area (Å²) >= 11 is 0. The number of hydrogen-bond donors (Lipinski definition) is 4. The Kier molecular flexibility index (Phi) is 14.9. The molecule has 4 N–H and O–H groups in total. The first-order valence-electron chi connectivity index (χ1n) is 26.8. The molecule has 1 aliphatic carbocycles. The third-order valence-electron chi connectivity index (χ3n) is 16.5. The summed E-state index contributed by atoms with van der Waals surface area (Å²) in [6.07, 6.45) is 4.92. The van der Waals surface area contributed by atoms with Crippen LogP contribution in [0, 0.1) is 23.5 Å². The van der Waals surface area contributed by atoms with Crippen LogP contribution in [-0.4, -0.2) is 106 Å². The number of carbonyl (C=O) groups excluding carboxylic acids is 4. The van der Waals surface area contributed by atoms with Crippen molar-refractivity contribution < 1.29 is 37.4 Å². The fourth-order valence-electron chi connectivity index (χ4n) is 12.7. The number of rotatable bonds is 13. The first-order chi connectivity index (χ1) is 36.2. The van der Waals surface area contributed by atoms with Crippen molar-refractivity contribution in [2.24, 2.45) is 11.8 Å². The molecule has 1 saturated carbocycles. The Hall–Kier alpha value is -7.04. The summed E-state index contributed by atoms with van der Waals surface area (Å²) < 4.78 is 43.6. The number of imidazole rings is 2. The summed E-state index contributed by atoms with van der Waals surface area (Å²) in [5, 5.41) is 5.44. The van der Waals surface area contributed by atoms with E-state index in [4.69, 9.17) is 19.4 Å². The van der Waals surface area contributed by atoms with Gasteiger partial charge in [-0.1, -0.05) is 70.2 Å². The highest BCUT2D eigenvalue weighted by Gasteiger charge is 2.43. The molecule has 0 radical (unpaired) electrons. The number of halogens is 2. The van der Waals surface area contributed by atoms with E-state index in [0.717, 1.165) is 71.7 Å².